The number of carbonyl (C=O) groups is 1. The first-order chi connectivity index (χ1) is 13.2. The van der Waals surface area contributed by atoms with Crippen molar-refractivity contribution in [1.82, 2.24) is 25.4 Å². The second-order valence-corrected chi connectivity index (χ2v) is 7.48. The van der Waals surface area contributed by atoms with Crippen LogP contribution in [0.4, 0.5) is 4.39 Å². The van der Waals surface area contributed by atoms with Crippen LogP contribution < -0.4 is 10.6 Å². The van der Waals surface area contributed by atoms with Crippen LogP contribution in [0.25, 0.3) is 16.4 Å². The zero-order chi connectivity index (χ0) is 18.6. The molecule has 140 valence electrons. The number of hydrogen-bond donors (Lipinski definition) is 2. The van der Waals surface area contributed by atoms with Gasteiger partial charge in [-0.3, -0.25) is 4.79 Å². The van der Waals surface area contributed by atoms with Crippen molar-refractivity contribution >= 4 is 17.2 Å². The summed E-state index contributed by atoms with van der Waals surface area (Å²) in [5, 5.41) is 12.5. The second kappa shape index (κ2) is 7.98. The SMILES string of the molecule is O=C(NCCC1CCNC1)c1nc(-c2cccs2)n(-c2cccc(F)c2)n1. The Balaban J connectivity index is 1.56. The van der Waals surface area contributed by atoms with E-state index in [4.69, 9.17) is 0 Å². The highest BCUT2D eigenvalue weighted by atomic mass is 32.1. The number of halogens is 1. The number of nitrogens with zero attached hydrogens (tertiary/aromatic N) is 3. The van der Waals surface area contributed by atoms with Crippen molar-refractivity contribution in [3.63, 3.8) is 0 Å². The van der Waals surface area contributed by atoms with Crippen LogP contribution >= 0.6 is 11.3 Å². The lowest BCUT2D eigenvalue weighted by atomic mass is 10.1. The molecule has 2 N–H and O–H groups in total. The Morgan fingerprint density at radius 3 is 3.04 bits per heavy atom. The maximum atomic E-state index is 13.7. The van der Waals surface area contributed by atoms with Gasteiger partial charge in [0.2, 0.25) is 5.82 Å². The number of nitrogens with one attached hydrogen (secondary N) is 2. The third-order valence-electron chi connectivity index (χ3n) is 4.61. The van der Waals surface area contributed by atoms with E-state index in [9.17, 15) is 9.18 Å². The molecule has 0 radical (unpaired) electrons. The largest absolute Gasteiger partial charge is 0.349 e. The molecule has 6 nitrogen and oxygen atoms in total. The van der Waals surface area contributed by atoms with Crippen molar-refractivity contribution in [2.75, 3.05) is 19.6 Å². The second-order valence-electron chi connectivity index (χ2n) is 6.53. The molecule has 1 aromatic carbocycles. The summed E-state index contributed by atoms with van der Waals surface area (Å²) in [6.45, 7) is 2.64. The van der Waals surface area contributed by atoms with Crippen molar-refractivity contribution in [2.24, 2.45) is 5.92 Å². The van der Waals surface area contributed by atoms with Crippen LogP contribution in [0.2, 0.25) is 0 Å². The molecule has 1 unspecified atom stereocenters. The molecule has 27 heavy (non-hydrogen) atoms. The van der Waals surface area contributed by atoms with Gasteiger partial charge in [0.1, 0.15) is 5.82 Å². The summed E-state index contributed by atoms with van der Waals surface area (Å²) < 4.78 is 15.2. The van der Waals surface area contributed by atoms with Gasteiger partial charge in [0, 0.05) is 6.54 Å². The lowest BCUT2D eigenvalue weighted by Crippen LogP contribution is -2.27. The molecule has 2 aromatic heterocycles. The van der Waals surface area contributed by atoms with Gasteiger partial charge in [-0.1, -0.05) is 12.1 Å². The Morgan fingerprint density at radius 2 is 2.30 bits per heavy atom. The molecule has 1 aliphatic heterocycles. The predicted octanol–water partition coefficient (Wildman–Crippen LogP) is 2.86. The Kier molecular flexibility index (Phi) is 5.26. The van der Waals surface area contributed by atoms with Crippen molar-refractivity contribution < 1.29 is 9.18 Å². The van der Waals surface area contributed by atoms with E-state index in [2.05, 4.69) is 20.7 Å². The summed E-state index contributed by atoms with van der Waals surface area (Å²) in [7, 11) is 0. The van der Waals surface area contributed by atoms with Gasteiger partial charge < -0.3 is 10.6 Å². The summed E-state index contributed by atoms with van der Waals surface area (Å²) in [5.74, 6) is 0.544. The quantitative estimate of drug-likeness (QED) is 0.684. The van der Waals surface area contributed by atoms with E-state index >= 15 is 0 Å². The van der Waals surface area contributed by atoms with E-state index in [1.54, 1.807) is 12.1 Å². The minimum atomic E-state index is -0.365. The summed E-state index contributed by atoms with van der Waals surface area (Å²) in [6, 6.07) is 9.90. The number of amides is 1. The van der Waals surface area contributed by atoms with Crippen LogP contribution in [0.3, 0.4) is 0 Å². The van der Waals surface area contributed by atoms with Crippen molar-refractivity contribution in [1.29, 1.82) is 0 Å². The first-order valence-corrected chi connectivity index (χ1v) is 9.84. The van der Waals surface area contributed by atoms with Crippen LogP contribution in [0.15, 0.2) is 41.8 Å². The molecular formula is C19H20FN5OS. The monoisotopic (exact) mass is 385 g/mol. The number of thiophene rings is 1. The Hall–Kier alpha value is -2.58. The lowest BCUT2D eigenvalue weighted by Gasteiger charge is -2.07. The van der Waals surface area contributed by atoms with Gasteiger partial charge in [0.25, 0.3) is 5.91 Å². The zero-order valence-corrected chi connectivity index (χ0v) is 15.5. The predicted molar refractivity (Wildman–Crippen MR) is 103 cm³/mol. The average molecular weight is 385 g/mol. The lowest BCUT2D eigenvalue weighted by molar-refractivity contribution is 0.0941. The molecule has 8 heteroatoms. The third kappa shape index (κ3) is 4.06. The van der Waals surface area contributed by atoms with Gasteiger partial charge >= 0.3 is 0 Å². The van der Waals surface area contributed by atoms with E-state index in [1.165, 1.54) is 28.2 Å². The Morgan fingerprint density at radius 1 is 1.37 bits per heavy atom. The highest BCUT2D eigenvalue weighted by Crippen LogP contribution is 2.25. The van der Waals surface area contributed by atoms with E-state index in [1.807, 2.05) is 17.5 Å². The van der Waals surface area contributed by atoms with Crippen LogP contribution in [0, 0.1) is 11.7 Å². The summed E-state index contributed by atoms with van der Waals surface area (Å²) in [4.78, 5) is 17.8. The maximum Gasteiger partial charge on any atom is 0.290 e. The fraction of sp³-hybridized carbons (Fsp3) is 0.316. The normalized spacial score (nSPS) is 16.6. The first-order valence-electron chi connectivity index (χ1n) is 8.96. The number of hydrogen-bond acceptors (Lipinski definition) is 5. The number of rotatable bonds is 6. The molecule has 0 aliphatic carbocycles. The minimum Gasteiger partial charge on any atom is -0.349 e. The number of benzene rings is 1. The molecule has 0 spiro atoms. The van der Waals surface area contributed by atoms with Gasteiger partial charge in [0.05, 0.1) is 10.6 Å². The van der Waals surface area contributed by atoms with Crippen LogP contribution in [-0.2, 0) is 0 Å². The van der Waals surface area contributed by atoms with Gasteiger partial charge in [-0.2, -0.15) is 0 Å². The maximum absolute atomic E-state index is 13.7. The molecule has 1 fully saturated rings. The molecule has 4 rings (SSSR count). The summed E-state index contributed by atoms with van der Waals surface area (Å²) >= 11 is 1.49. The average Bonchev–Trinajstić information content (AvgIpc) is 3.42. The molecular weight excluding hydrogens is 365 g/mol. The first kappa shape index (κ1) is 17.8. The summed E-state index contributed by atoms with van der Waals surface area (Å²) in [6.07, 6.45) is 2.08. The molecule has 1 saturated heterocycles. The molecule has 1 aliphatic rings. The number of aromatic nitrogens is 3. The third-order valence-corrected chi connectivity index (χ3v) is 5.47. The van der Waals surface area contributed by atoms with Crippen LogP contribution in [0.5, 0.6) is 0 Å². The molecule has 0 saturated carbocycles. The molecule has 3 aromatic rings. The van der Waals surface area contributed by atoms with Crippen LogP contribution in [-0.4, -0.2) is 40.3 Å². The highest BCUT2D eigenvalue weighted by Gasteiger charge is 2.20. The Labute approximate surface area is 160 Å². The fourth-order valence-electron chi connectivity index (χ4n) is 3.19. The van der Waals surface area contributed by atoms with Gasteiger partial charge in [-0.15, -0.1) is 16.4 Å². The van der Waals surface area contributed by atoms with Crippen molar-refractivity contribution in [2.45, 2.75) is 12.8 Å². The minimum absolute atomic E-state index is 0.0900. The van der Waals surface area contributed by atoms with E-state index in [0.717, 1.165) is 30.8 Å². The Bertz CT molecular complexity index is 918. The van der Waals surface area contributed by atoms with Crippen molar-refractivity contribution in [3.8, 4) is 16.4 Å². The van der Waals surface area contributed by atoms with Crippen LogP contribution in [0.1, 0.15) is 23.5 Å². The fourth-order valence-corrected chi connectivity index (χ4v) is 3.89. The van der Waals surface area contributed by atoms with Gasteiger partial charge in [0.15, 0.2) is 5.82 Å². The standard InChI is InChI=1S/C19H20FN5OS/c20-14-3-1-4-15(11-14)25-18(16-5-2-10-27-16)23-17(24-25)19(26)22-9-7-13-6-8-21-12-13/h1-5,10-11,13,21H,6-9,12H2,(H,22,26). The van der Waals surface area contributed by atoms with Gasteiger partial charge in [-0.25, -0.2) is 14.1 Å². The molecule has 1 atom stereocenters. The number of carbonyl (C=O) groups excluding carboxylic acids is 1. The van der Waals surface area contributed by atoms with Crippen molar-refractivity contribution in [3.05, 3.63) is 53.4 Å². The zero-order valence-electron chi connectivity index (χ0n) is 14.7. The van der Waals surface area contributed by atoms with E-state index < -0.39 is 0 Å². The topological polar surface area (TPSA) is 71.8 Å². The van der Waals surface area contributed by atoms with Gasteiger partial charge in [-0.05, 0) is 61.5 Å². The summed E-state index contributed by atoms with van der Waals surface area (Å²) in [5.41, 5.74) is 0.530. The smallest absolute Gasteiger partial charge is 0.290 e. The molecule has 3 heterocycles. The highest BCUT2D eigenvalue weighted by molar-refractivity contribution is 7.13. The van der Waals surface area contributed by atoms with E-state index in [-0.39, 0.29) is 17.5 Å². The molecule has 1 amide bonds. The molecule has 0 bridgehead atoms. The van der Waals surface area contributed by atoms with E-state index in [0.29, 0.717) is 24.0 Å².